The van der Waals surface area contributed by atoms with Gasteiger partial charge in [0.15, 0.2) is 5.78 Å². The first-order valence-electron chi connectivity index (χ1n) is 4.89. The van der Waals surface area contributed by atoms with Crippen molar-refractivity contribution in [2.75, 3.05) is 5.73 Å². The number of carbonyl (C=O) groups excluding carboxylic acids is 1. The van der Waals surface area contributed by atoms with Crippen molar-refractivity contribution in [3.05, 3.63) is 28.2 Å². The van der Waals surface area contributed by atoms with Gasteiger partial charge in [-0.05, 0) is 19.1 Å². The molecule has 2 N–H and O–H groups in total. The van der Waals surface area contributed by atoms with E-state index in [-0.39, 0.29) is 11.5 Å². The highest BCUT2D eigenvalue weighted by Crippen LogP contribution is 2.21. The zero-order valence-electron chi connectivity index (χ0n) is 9.44. The van der Waals surface area contributed by atoms with Crippen LogP contribution in [0.3, 0.4) is 0 Å². The molecule has 0 unspecified atom stereocenters. The molecule has 1 aromatic heterocycles. The van der Waals surface area contributed by atoms with Crippen molar-refractivity contribution < 1.29 is 4.79 Å². The van der Waals surface area contributed by atoms with Crippen LogP contribution in [0.4, 0.5) is 5.69 Å². The molecule has 5 nitrogen and oxygen atoms in total. The van der Waals surface area contributed by atoms with E-state index in [1.54, 1.807) is 26.2 Å². The topological polar surface area (TPSA) is 70.0 Å². The summed E-state index contributed by atoms with van der Waals surface area (Å²) in [5.74, 6) is -0.0986. The fourth-order valence-corrected chi connectivity index (χ4v) is 1.94. The molecule has 2 aromatic rings. The Balaban J connectivity index is 3.08. The number of carbonyl (C=O) groups is 1. The van der Waals surface area contributed by atoms with Crippen molar-refractivity contribution >= 4 is 22.5 Å². The predicted octanol–water partition coefficient (Wildman–Crippen LogP) is 0.662. The third-order valence-electron chi connectivity index (χ3n) is 2.76. The Kier molecular flexibility index (Phi) is 2.11. The zero-order chi connectivity index (χ0) is 12.0. The molecule has 0 saturated heterocycles. The Labute approximate surface area is 92.1 Å². The van der Waals surface area contributed by atoms with Gasteiger partial charge >= 0.3 is 5.69 Å². The fourth-order valence-electron chi connectivity index (χ4n) is 1.94. The van der Waals surface area contributed by atoms with E-state index in [9.17, 15) is 9.59 Å². The van der Waals surface area contributed by atoms with E-state index in [0.29, 0.717) is 22.3 Å². The second-order valence-corrected chi connectivity index (χ2v) is 3.89. The molecule has 0 amide bonds. The number of nitrogen functional groups attached to an aromatic ring is 1. The lowest BCUT2D eigenvalue weighted by Crippen LogP contribution is -2.19. The molecule has 0 atom stereocenters. The van der Waals surface area contributed by atoms with E-state index in [1.807, 2.05) is 0 Å². The van der Waals surface area contributed by atoms with Crippen molar-refractivity contribution in [1.29, 1.82) is 0 Å². The third-order valence-corrected chi connectivity index (χ3v) is 2.76. The lowest BCUT2D eigenvalue weighted by atomic mass is 10.1. The lowest BCUT2D eigenvalue weighted by Gasteiger charge is -2.03. The first-order chi connectivity index (χ1) is 7.43. The number of fused-ring (bicyclic) bond motifs is 1. The summed E-state index contributed by atoms with van der Waals surface area (Å²) in [6.45, 7) is 1.46. The number of aryl methyl sites for hydroxylation is 2. The van der Waals surface area contributed by atoms with Gasteiger partial charge < -0.3 is 5.73 Å². The van der Waals surface area contributed by atoms with Gasteiger partial charge in [0.25, 0.3) is 0 Å². The van der Waals surface area contributed by atoms with Crippen LogP contribution >= 0.6 is 0 Å². The lowest BCUT2D eigenvalue weighted by molar-refractivity contribution is 0.101. The van der Waals surface area contributed by atoms with Gasteiger partial charge in [-0.1, -0.05) is 0 Å². The zero-order valence-corrected chi connectivity index (χ0v) is 9.44. The predicted molar refractivity (Wildman–Crippen MR) is 62.6 cm³/mol. The quantitative estimate of drug-likeness (QED) is 0.566. The number of Topliss-reactive ketones (excluding diaryl/α,β-unsaturated/α-hetero) is 1. The molecule has 0 fully saturated rings. The summed E-state index contributed by atoms with van der Waals surface area (Å²) >= 11 is 0. The van der Waals surface area contributed by atoms with Crippen LogP contribution in [0.2, 0.25) is 0 Å². The first kappa shape index (κ1) is 10.5. The maximum atomic E-state index is 11.7. The van der Waals surface area contributed by atoms with E-state index in [1.165, 1.54) is 16.1 Å². The fraction of sp³-hybridized carbons (Fsp3) is 0.273. The van der Waals surface area contributed by atoms with E-state index in [0.717, 1.165) is 0 Å². The highest BCUT2D eigenvalue weighted by atomic mass is 16.1. The molecule has 0 bridgehead atoms. The minimum absolute atomic E-state index is 0.0986. The Hall–Kier alpha value is -2.04. The molecule has 16 heavy (non-hydrogen) atoms. The molecular formula is C11H13N3O2. The summed E-state index contributed by atoms with van der Waals surface area (Å²) in [6, 6.07) is 3.30. The minimum Gasteiger partial charge on any atom is -0.399 e. The van der Waals surface area contributed by atoms with Gasteiger partial charge in [0.2, 0.25) is 0 Å². The number of hydrogen-bond acceptors (Lipinski definition) is 3. The number of aromatic nitrogens is 2. The Morgan fingerprint density at radius 1 is 1.25 bits per heavy atom. The monoisotopic (exact) mass is 219 g/mol. The van der Waals surface area contributed by atoms with E-state index >= 15 is 0 Å². The van der Waals surface area contributed by atoms with E-state index < -0.39 is 0 Å². The van der Waals surface area contributed by atoms with Crippen LogP contribution < -0.4 is 11.4 Å². The molecule has 0 saturated carbocycles. The van der Waals surface area contributed by atoms with Gasteiger partial charge in [0.1, 0.15) is 0 Å². The summed E-state index contributed by atoms with van der Waals surface area (Å²) < 4.78 is 2.95. The minimum atomic E-state index is -0.164. The molecule has 5 heteroatoms. The number of ketones is 1. The van der Waals surface area contributed by atoms with E-state index in [4.69, 9.17) is 5.73 Å². The molecule has 1 aromatic carbocycles. The Morgan fingerprint density at radius 2 is 1.88 bits per heavy atom. The second kappa shape index (κ2) is 3.23. The van der Waals surface area contributed by atoms with Crippen molar-refractivity contribution in [3.63, 3.8) is 0 Å². The average molecular weight is 219 g/mol. The summed E-state index contributed by atoms with van der Waals surface area (Å²) in [6.07, 6.45) is 0. The number of hydrogen-bond donors (Lipinski definition) is 1. The van der Waals surface area contributed by atoms with Crippen molar-refractivity contribution in [2.24, 2.45) is 14.1 Å². The van der Waals surface area contributed by atoms with Gasteiger partial charge in [0.05, 0.1) is 11.0 Å². The van der Waals surface area contributed by atoms with Crippen molar-refractivity contribution in [3.8, 4) is 0 Å². The number of anilines is 1. The van der Waals surface area contributed by atoms with Crippen molar-refractivity contribution in [2.45, 2.75) is 6.92 Å². The van der Waals surface area contributed by atoms with Crippen LogP contribution in [-0.2, 0) is 14.1 Å². The van der Waals surface area contributed by atoms with Crippen LogP contribution in [0, 0.1) is 0 Å². The number of imidazole rings is 1. The van der Waals surface area contributed by atoms with Crippen LogP contribution in [0.25, 0.3) is 11.0 Å². The Morgan fingerprint density at radius 3 is 2.44 bits per heavy atom. The molecule has 84 valence electrons. The van der Waals surface area contributed by atoms with Gasteiger partial charge in [-0.2, -0.15) is 0 Å². The molecule has 0 aliphatic rings. The van der Waals surface area contributed by atoms with Crippen LogP contribution in [0.15, 0.2) is 16.9 Å². The van der Waals surface area contributed by atoms with Gasteiger partial charge in [-0.15, -0.1) is 0 Å². The standard InChI is InChI=1S/C11H13N3O2/c1-6(15)8-4-7(12)5-9-10(8)14(3)11(16)13(9)2/h4-5H,12H2,1-3H3. The number of nitrogens with two attached hydrogens (primary N) is 1. The van der Waals surface area contributed by atoms with Crippen LogP contribution in [0.1, 0.15) is 17.3 Å². The summed E-state index contributed by atoms with van der Waals surface area (Å²) in [7, 11) is 3.31. The van der Waals surface area contributed by atoms with Crippen LogP contribution in [0.5, 0.6) is 0 Å². The number of benzene rings is 1. The SMILES string of the molecule is CC(=O)c1cc(N)cc2c1n(C)c(=O)n2C. The maximum Gasteiger partial charge on any atom is 0.328 e. The van der Waals surface area contributed by atoms with Gasteiger partial charge in [0, 0.05) is 25.3 Å². The molecule has 0 aliphatic carbocycles. The molecule has 1 heterocycles. The summed E-state index contributed by atoms with van der Waals surface area (Å²) in [5.41, 5.74) is 7.83. The normalized spacial score (nSPS) is 10.9. The average Bonchev–Trinajstić information content (AvgIpc) is 2.43. The highest BCUT2D eigenvalue weighted by molar-refractivity contribution is 6.06. The maximum absolute atomic E-state index is 11.7. The molecule has 0 spiro atoms. The molecule has 0 aliphatic heterocycles. The van der Waals surface area contributed by atoms with E-state index in [2.05, 4.69) is 0 Å². The summed E-state index contributed by atoms with van der Waals surface area (Å²) in [5, 5.41) is 0. The van der Waals surface area contributed by atoms with Crippen molar-refractivity contribution in [1.82, 2.24) is 9.13 Å². The van der Waals surface area contributed by atoms with Gasteiger partial charge in [-0.25, -0.2) is 4.79 Å². The number of nitrogens with zero attached hydrogens (tertiary/aromatic N) is 2. The first-order valence-corrected chi connectivity index (χ1v) is 4.89. The van der Waals surface area contributed by atoms with Crippen LogP contribution in [-0.4, -0.2) is 14.9 Å². The smallest absolute Gasteiger partial charge is 0.328 e. The Bertz CT molecular complexity index is 649. The molecule has 0 radical (unpaired) electrons. The number of rotatable bonds is 1. The third kappa shape index (κ3) is 1.25. The largest absolute Gasteiger partial charge is 0.399 e. The van der Waals surface area contributed by atoms with Gasteiger partial charge in [-0.3, -0.25) is 13.9 Å². The molecular weight excluding hydrogens is 206 g/mol. The second-order valence-electron chi connectivity index (χ2n) is 3.89. The molecule has 2 rings (SSSR count). The highest BCUT2D eigenvalue weighted by Gasteiger charge is 2.15. The summed E-state index contributed by atoms with van der Waals surface area (Å²) in [4.78, 5) is 23.3.